The third-order valence-electron chi connectivity index (χ3n) is 6.43. The third-order valence-corrected chi connectivity index (χ3v) is 6.43. The quantitative estimate of drug-likeness (QED) is 0.342. The zero-order valence-electron chi connectivity index (χ0n) is 22.3. The van der Waals surface area contributed by atoms with Gasteiger partial charge in [-0.2, -0.15) is 0 Å². The molecule has 10 nitrogen and oxygen atoms in total. The minimum Gasteiger partial charge on any atom is -0.423 e. The van der Waals surface area contributed by atoms with E-state index in [2.05, 4.69) is 19.1 Å². The zero-order chi connectivity index (χ0) is 27.7. The number of hydrogen-bond acceptors (Lipinski definition) is 10. The summed E-state index contributed by atoms with van der Waals surface area (Å²) in [5, 5.41) is 35.4. The number of hydrogen-bond donors (Lipinski definition) is 4. The van der Waals surface area contributed by atoms with Crippen LogP contribution >= 0.6 is 0 Å². The molecule has 6 unspecified atom stereocenters. The maximum Gasteiger partial charge on any atom is 0.494 e. The van der Waals surface area contributed by atoms with Crippen molar-refractivity contribution < 1.29 is 48.5 Å². The molecule has 0 aromatic heterocycles. The molecule has 3 fully saturated rings. The molecule has 3 saturated heterocycles. The lowest BCUT2D eigenvalue weighted by Gasteiger charge is -2.15. The molecule has 5 rings (SSSR count). The van der Waals surface area contributed by atoms with Crippen LogP contribution in [0.2, 0.25) is 0 Å². The Kier molecular flexibility index (Phi) is 12.2. The van der Waals surface area contributed by atoms with Gasteiger partial charge >= 0.3 is 14.2 Å². The van der Waals surface area contributed by atoms with Crippen LogP contribution in [-0.2, 0) is 28.3 Å². The molecule has 2 aromatic carbocycles. The standard InChI is InChI=1S/C13H17BO4.C7H9BO2.C6H12O4/c1-9-3-5-10(6-4-9)14-17-12-8-16-11(7-15-2)13(12)18-14;1-6-2-4-7(5-3-6)8(9)10;1-9-3-5-6(8)4(7)2-10-5/h3-6,11-13H,7-8H2,1-2H3;2-5,9-10H,1H3;4-8H,2-3H2,1H3. The highest BCUT2D eigenvalue weighted by Gasteiger charge is 2.49. The van der Waals surface area contributed by atoms with Crippen molar-refractivity contribution in [3.63, 3.8) is 0 Å². The highest BCUT2D eigenvalue weighted by Crippen LogP contribution is 2.28. The Labute approximate surface area is 224 Å². The summed E-state index contributed by atoms with van der Waals surface area (Å²) in [6.07, 6.45) is -1.91. The van der Waals surface area contributed by atoms with Crippen LogP contribution in [0.25, 0.3) is 0 Å². The number of ether oxygens (including phenoxy) is 4. The number of aryl methyl sites for hydroxylation is 2. The highest BCUT2D eigenvalue weighted by atomic mass is 16.7. The molecule has 38 heavy (non-hydrogen) atoms. The van der Waals surface area contributed by atoms with Crippen LogP contribution in [0, 0.1) is 13.8 Å². The molecular formula is C26H38B2O10. The SMILES string of the molecule is COCC1OCC(O)C1O.COCC1OCC2OB(c3ccc(C)cc3)OC12.Cc1ccc(B(O)O)cc1. The zero-order valence-corrected chi connectivity index (χ0v) is 22.3. The first kappa shape index (κ1) is 30.7. The predicted molar refractivity (Wildman–Crippen MR) is 143 cm³/mol. The maximum absolute atomic E-state index is 9.13. The smallest absolute Gasteiger partial charge is 0.423 e. The summed E-state index contributed by atoms with van der Waals surface area (Å²) in [7, 11) is 1.58. The normalized spacial score (nSPS) is 27.7. The molecule has 0 radical (unpaired) electrons. The summed E-state index contributed by atoms with van der Waals surface area (Å²) in [6.45, 7) is 5.69. The summed E-state index contributed by atoms with van der Waals surface area (Å²) in [6, 6.07) is 15.3. The monoisotopic (exact) mass is 532 g/mol. The van der Waals surface area contributed by atoms with Gasteiger partial charge < -0.3 is 48.5 Å². The Balaban J connectivity index is 0.000000171. The topological polar surface area (TPSA) is 136 Å². The first-order valence-electron chi connectivity index (χ1n) is 12.6. The number of rotatable bonds is 6. The summed E-state index contributed by atoms with van der Waals surface area (Å²) >= 11 is 0. The van der Waals surface area contributed by atoms with Crippen molar-refractivity contribution in [2.24, 2.45) is 0 Å². The van der Waals surface area contributed by atoms with Gasteiger partial charge in [0.05, 0.1) is 38.6 Å². The lowest BCUT2D eigenvalue weighted by Crippen LogP contribution is -2.36. The van der Waals surface area contributed by atoms with Crippen molar-refractivity contribution in [1.82, 2.24) is 0 Å². The van der Waals surface area contributed by atoms with E-state index in [1.807, 2.05) is 31.2 Å². The molecule has 2 aromatic rings. The maximum atomic E-state index is 9.13. The van der Waals surface area contributed by atoms with Crippen molar-refractivity contribution >= 4 is 25.2 Å². The minimum absolute atomic E-state index is 0.0174. The lowest BCUT2D eigenvalue weighted by atomic mass is 9.79. The Morgan fingerprint density at radius 3 is 1.89 bits per heavy atom. The average molecular weight is 532 g/mol. The summed E-state index contributed by atoms with van der Waals surface area (Å²) in [5.74, 6) is 0. The van der Waals surface area contributed by atoms with Crippen LogP contribution in [0.4, 0.5) is 0 Å². The number of aliphatic hydroxyl groups is 2. The molecule has 4 N–H and O–H groups in total. The molecule has 3 aliphatic rings. The number of aliphatic hydroxyl groups excluding tert-OH is 2. The summed E-state index contributed by atoms with van der Waals surface area (Å²) in [5.41, 5.74) is 3.94. The van der Waals surface area contributed by atoms with Gasteiger partial charge in [-0.25, -0.2) is 0 Å². The van der Waals surface area contributed by atoms with E-state index in [0.29, 0.717) is 25.3 Å². The average Bonchev–Trinajstić information content (AvgIpc) is 3.58. The highest BCUT2D eigenvalue weighted by molar-refractivity contribution is 6.61. The molecule has 0 bridgehead atoms. The largest absolute Gasteiger partial charge is 0.494 e. The molecular weight excluding hydrogens is 494 g/mol. The van der Waals surface area contributed by atoms with Crippen LogP contribution in [0.1, 0.15) is 11.1 Å². The van der Waals surface area contributed by atoms with Crippen LogP contribution < -0.4 is 10.9 Å². The first-order valence-corrected chi connectivity index (χ1v) is 12.6. The van der Waals surface area contributed by atoms with E-state index in [1.54, 1.807) is 19.2 Å². The summed E-state index contributed by atoms with van der Waals surface area (Å²) < 4.78 is 32.3. The number of fused-ring (bicyclic) bond motifs is 1. The van der Waals surface area contributed by atoms with E-state index in [-0.39, 0.29) is 38.1 Å². The number of methoxy groups -OCH3 is 2. The minimum atomic E-state index is -1.35. The van der Waals surface area contributed by atoms with Crippen LogP contribution in [0.15, 0.2) is 48.5 Å². The van der Waals surface area contributed by atoms with Crippen molar-refractivity contribution in [2.75, 3.05) is 40.6 Å². The van der Waals surface area contributed by atoms with Gasteiger partial charge in [0.1, 0.15) is 24.4 Å². The van der Waals surface area contributed by atoms with Crippen molar-refractivity contribution in [3.05, 3.63) is 59.7 Å². The van der Waals surface area contributed by atoms with Crippen molar-refractivity contribution in [3.8, 4) is 0 Å². The Morgan fingerprint density at radius 2 is 1.37 bits per heavy atom. The van der Waals surface area contributed by atoms with Gasteiger partial charge in [-0.05, 0) is 24.8 Å². The first-order chi connectivity index (χ1) is 18.2. The molecule has 3 heterocycles. The second-order valence-electron chi connectivity index (χ2n) is 9.51. The molecule has 208 valence electrons. The van der Waals surface area contributed by atoms with Gasteiger partial charge in [-0.15, -0.1) is 0 Å². The number of benzene rings is 2. The fourth-order valence-corrected chi connectivity index (χ4v) is 4.18. The van der Waals surface area contributed by atoms with Crippen LogP contribution in [0.3, 0.4) is 0 Å². The molecule has 12 heteroatoms. The van der Waals surface area contributed by atoms with Gasteiger partial charge in [0.15, 0.2) is 0 Å². The van der Waals surface area contributed by atoms with E-state index < -0.39 is 19.3 Å². The Hall–Kier alpha value is -1.83. The van der Waals surface area contributed by atoms with E-state index in [1.165, 1.54) is 12.7 Å². The van der Waals surface area contributed by atoms with Crippen molar-refractivity contribution in [1.29, 1.82) is 0 Å². The Bertz CT molecular complexity index is 942. The molecule has 0 aliphatic carbocycles. The fraction of sp³-hybridized carbons (Fsp3) is 0.538. The van der Waals surface area contributed by atoms with Crippen LogP contribution in [-0.4, -0.2) is 112 Å². The van der Waals surface area contributed by atoms with Gasteiger partial charge in [0.25, 0.3) is 0 Å². The van der Waals surface area contributed by atoms with Gasteiger partial charge in [-0.1, -0.05) is 59.7 Å². The fourth-order valence-electron chi connectivity index (χ4n) is 4.18. The van der Waals surface area contributed by atoms with Gasteiger partial charge in [-0.3, -0.25) is 0 Å². The molecule has 0 saturated carbocycles. The second kappa shape index (κ2) is 15.1. The van der Waals surface area contributed by atoms with E-state index in [9.17, 15) is 0 Å². The second-order valence-corrected chi connectivity index (χ2v) is 9.51. The summed E-state index contributed by atoms with van der Waals surface area (Å²) in [4.78, 5) is 0. The van der Waals surface area contributed by atoms with Gasteiger partial charge in [0, 0.05) is 14.2 Å². The molecule has 0 amide bonds. The van der Waals surface area contributed by atoms with Crippen molar-refractivity contribution in [2.45, 2.75) is 50.5 Å². The van der Waals surface area contributed by atoms with Crippen LogP contribution in [0.5, 0.6) is 0 Å². The third kappa shape index (κ3) is 8.59. The molecule has 3 aliphatic heterocycles. The van der Waals surface area contributed by atoms with E-state index in [0.717, 1.165) is 11.0 Å². The molecule has 0 spiro atoms. The van der Waals surface area contributed by atoms with E-state index >= 15 is 0 Å². The predicted octanol–water partition coefficient (Wildman–Crippen LogP) is -1.05. The Morgan fingerprint density at radius 1 is 0.816 bits per heavy atom. The lowest BCUT2D eigenvalue weighted by molar-refractivity contribution is -0.0178. The van der Waals surface area contributed by atoms with Gasteiger partial charge in [0.2, 0.25) is 0 Å². The van der Waals surface area contributed by atoms with E-state index in [4.69, 9.17) is 48.5 Å². The molecule has 6 atom stereocenters.